The Kier molecular flexibility index (Phi) is 4.15. The Hall–Kier alpha value is -1.80. The van der Waals surface area contributed by atoms with Gasteiger partial charge in [0.15, 0.2) is 0 Å². The van der Waals surface area contributed by atoms with Crippen LogP contribution in [0.1, 0.15) is 39.5 Å². The maximum atomic E-state index is 10.8. The quantitative estimate of drug-likeness (QED) is 0.913. The Morgan fingerprint density at radius 1 is 0.900 bits per heavy atom. The molecule has 1 unspecified atom stereocenters. The first-order valence-corrected chi connectivity index (χ1v) is 6.85. The van der Waals surface area contributed by atoms with E-state index < -0.39 is 6.10 Å². The second kappa shape index (κ2) is 5.68. The molecular formula is C18H22O2. The summed E-state index contributed by atoms with van der Waals surface area (Å²) >= 11 is 0. The zero-order valence-electron chi connectivity index (χ0n) is 12.8. The molecule has 2 heteroatoms. The summed E-state index contributed by atoms with van der Waals surface area (Å²) in [6.07, 6.45) is -0.662. The van der Waals surface area contributed by atoms with Crippen molar-refractivity contribution in [1.29, 1.82) is 0 Å². The highest BCUT2D eigenvalue weighted by Crippen LogP contribution is 2.36. The number of ether oxygens (including phenoxy) is 1. The van der Waals surface area contributed by atoms with Gasteiger partial charge >= 0.3 is 0 Å². The van der Waals surface area contributed by atoms with Gasteiger partial charge in [0.05, 0.1) is 7.11 Å². The molecule has 1 atom stereocenters. The van der Waals surface area contributed by atoms with Gasteiger partial charge in [-0.1, -0.05) is 30.3 Å². The molecule has 0 radical (unpaired) electrons. The number of aliphatic hydroxyl groups excluding tert-OH is 1. The highest BCUT2D eigenvalue weighted by atomic mass is 16.5. The van der Waals surface area contributed by atoms with E-state index in [0.29, 0.717) is 0 Å². The molecule has 0 aromatic heterocycles. The Labute approximate surface area is 121 Å². The van der Waals surface area contributed by atoms with Crippen LogP contribution in [-0.4, -0.2) is 12.2 Å². The number of hydrogen-bond donors (Lipinski definition) is 1. The number of aliphatic hydroxyl groups is 1. The van der Waals surface area contributed by atoms with E-state index >= 15 is 0 Å². The van der Waals surface area contributed by atoms with Crippen LogP contribution in [0.4, 0.5) is 0 Å². The average Bonchev–Trinajstić information content (AvgIpc) is 2.41. The molecule has 0 aliphatic rings. The van der Waals surface area contributed by atoms with Crippen molar-refractivity contribution in [1.82, 2.24) is 0 Å². The topological polar surface area (TPSA) is 29.5 Å². The van der Waals surface area contributed by atoms with Crippen LogP contribution in [0.15, 0.2) is 30.3 Å². The summed E-state index contributed by atoms with van der Waals surface area (Å²) in [6.45, 7) is 8.13. The van der Waals surface area contributed by atoms with Crippen LogP contribution in [-0.2, 0) is 0 Å². The van der Waals surface area contributed by atoms with Gasteiger partial charge in [-0.15, -0.1) is 0 Å². The Balaban J connectivity index is 2.60. The molecule has 106 valence electrons. The molecule has 0 amide bonds. The third-order valence-electron chi connectivity index (χ3n) is 4.02. The summed E-state index contributed by atoms with van der Waals surface area (Å²) < 4.78 is 5.52. The first kappa shape index (κ1) is 14.6. The van der Waals surface area contributed by atoms with Crippen LogP contribution in [0, 0.1) is 27.7 Å². The third-order valence-corrected chi connectivity index (χ3v) is 4.02. The van der Waals surface area contributed by atoms with Gasteiger partial charge in [0, 0.05) is 5.56 Å². The van der Waals surface area contributed by atoms with Crippen molar-refractivity contribution in [2.24, 2.45) is 0 Å². The van der Waals surface area contributed by atoms with E-state index in [1.165, 1.54) is 5.56 Å². The van der Waals surface area contributed by atoms with Gasteiger partial charge < -0.3 is 9.84 Å². The monoisotopic (exact) mass is 270 g/mol. The second-order valence-corrected chi connectivity index (χ2v) is 5.34. The molecule has 0 bridgehead atoms. The first-order chi connectivity index (χ1) is 9.47. The summed E-state index contributed by atoms with van der Waals surface area (Å²) in [5.74, 6) is 0.778. The van der Waals surface area contributed by atoms with Crippen LogP contribution in [0.25, 0.3) is 0 Å². The molecule has 20 heavy (non-hydrogen) atoms. The summed E-state index contributed by atoms with van der Waals surface area (Å²) in [4.78, 5) is 0. The zero-order valence-corrected chi connectivity index (χ0v) is 12.8. The summed E-state index contributed by atoms with van der Waals surface area (Å²) in [6, 6.07) is 10.1. The van der Waals surface area contributed by atoms with Crippen molar-refractivity contribution < 1.29 is 9.84 Å². The fourth-order valence-electron chi connectivity index (χ4n) is 2.71. The molecule has 2 rings (SSSR count). The first-order valence-electron chi connectivity index (χ1n) is 6.85. The number of benzene rings is 2. The molecule has 2 aromatic rings. The molecule has 0 saturated carbocycles. The minimum absolute atomic E-state index is 0.662. The molecule has 0 aliphatic carbocycles. The molecular weight excluding hydrogens is 248 g/mol. The largest absolute Gasteiger partial charge is 0.496 e. The standard InChI is InChI=1S/C18H22O2/c1-11-9-10-15(18(20-5)14(11)4)17(19)16-12(2)7-6-8-13(16)3/h6-10,17,19H,1-5H3. The van der Waals surface area contributed by atoms with Crippen LogP contribution in [0.3, 0.4) is 0 Å². The highest BCUT2D eigenvalue weighted by molar-refractivity contribution is 5.50. The summed E-state index contributed by atoms with van der Waals surface area (Å²) in [7, 11) is 1.66. The van der Waals surface area contributed by atoms with Gasteiger partial charge in [-0.2, -0.15) is 0 Å². The Morgan fingerprint density at radius 3 is 2.05 bits per heavy atom. The number of rotatable bonds is 3. The van der Waals surface area contributed by atoms with Crippen LogP contribution in [0.2, 0.25) is 0 Å². The van der Waals surface area contributed by atoms with Crippen LogP contribution in [0.5, 0.6) is 5.75 Å². The van der Waals surface area contributed by atoms with E-state index in [1.807, 2.05) is 58.0 Å². The SMILES string of the molecule is COc1c(C(O)c2c(C)cccc2C)ccc(C)c1C. The van der Waals surface area contributed by atoms with Gasteiger partial charge in [-0.05, 0) is 55.5 Å². The van der Waals surface area contributed by atoms with E-state index in [-0.39, 0.29) is 0 Å². The molecule has 2 nitrogen and oxygen atoms in total. The van der Waals surface area contributed by atoms with Crippen molar-refractivity contribution in [3.8, 4) is 5.75 Å². The average molecular weight is 270 g/mol. The van der Waals surface area contributed by atoms with Crippen molar-refractivity contribution >= 4 is 0 Å². The molecule has 0 heterocycles. The van der Waals surface area contributed by atoms with Crippen LogP contribution >= 0.6 is 0 Å². The van der Waals surface area contributed by atoms with Gasteiger partial charge in [-0.25, -0.2) is 0 Å². The lowest BCUT2D eigenvalue weighted by Gasteiger charge is -2.21. The number of hydrogen-bond acceptors (Lipinski definition) is 2. The van der Waals surface area contributed by atoms with Crippen molar-refractivity contribution in [3.63, 3.8) is 0 Å². The molecule has 1 N–H and O–H groups in total. The van der Waals surface area contributed by atoms with Crippen LogP contribution < -0.4 is 4.74 Å². The maximum Gasteiger partial charge on any atom is 0.128 e. The van der Waals surface area contributed by atoms with Gasteiger partial charge in [0.25, 0.3) is 0 Å². The van der Waals surface area contributed by atoms with E-state index in [9.17, 15) is 5.11 Å². The minimum Gasteiger partial charge on any atom is -0.496 e. The van der Waals surface area contributed by atoms with Gasteiger partial charge in [0.2, 0.25) is 0 Å². The maximum absolute atomic E-state index is 10.8. The molecule has 2 aromatic carbocycles. The summed E-state index contributed by atoms with van der Waals surface area (Å²) in [5, 5.41) is 10.8. The third kappa shape index (κ3) is 2.44. The lowest BCUT2D eigenvalue weighted by Crippen LogP contribution is -2.07. The predicted molar refractivity (Wildman–Crippen MR) is 82.4 cm³/mol. The van der Waals surface area contributed by atoms with Crippen molar-refractivity contribution in [3.05, 3.63) is 63.7 Å². The van der Waals surface area contributed by atoms with Gasteiger partial charge in [0.1, 0.15) is 11.9 Å². The predicted octanol–water partition coefficient (Wildman–Crippen LogP) is 4.01. The molecule has 0 fully saturated rings. The molecule has 0 saturated heterocycles. The normalized spacial score (nSPS) is 12.3. The van der Waals surface area contributed by atoms with Crippen molar-refractivity contribution in [2.75, 3.05) is 7.11 Å². The highest BCUT2D eigenvalue weighted by Gasteiger charge is 2.20. The number of methoxy groups -OCH3 is 1. The lowest BCUT2D eigenvalue weighted by molar-refractivity contribution is 0.213. The molecule has 0 aliphatic heterocycles. The Morgan fingerprint density at radius 2 is 1.50 bits per heavy atom. The van der Waals surface area contributed by atoms with E-state index in [1.54, 1.807) is 7.11 Å². The second-order valence-electron chi connectivity index (χ2n) is 5.34. The zero-order chi connectivity index (χ0) is 14.9. The summed E-state index contributed by atoms with van der Waals surface area (Å²) in [5.41, 5.74) is 6.23. The van der Waals surface area contributed by atoms with E-state index in [4.69, 9.17) is 4.74 Å². The molecule has 0 spiro atoms. The van der Waals surface area contributed by atoms with E-state index in [2.05, 4.69) is 0 Å². The Bertz CT molecular complexity index is 609. The smallest absolute Gasteiger partial charge is 0.128 e. The lowest BCUT2D eigenvalue weighted by atomic mass is 9.91. The van der Waals surface area contributed by atoms with Crippen molar-refractivity contribution in [2.45, 2.75) is 33.8 Å². The minimum atomic E-state index is -0.662. The van der Waals surface area contributed by atoms with E-state index in [0.717, 1.165) is 33.6 Å². The van der Waals surface area contributed by atoms with Gasteiger partial charge in [-0.3, -0.25) is 0 Å². The fraction of sp³-hybridized carbons (Fsp3) is 0.333. The fourth-order valence-corrected chi connectivity index (χ4v) is 2.71. The number of aryl methyl sites for hydroxylation is 3.